The molecule has 4 nitrogen and oxygen atoms in total. The van der Waals surface area contributed by atoms with Gasteiger partial charge in [-0.05, 0) is 6.07 Å². The topological polar surface area (TPSA) is 54.5 Å². The second kappa shape index (κ2) is 4.17. The van der Waals surface area contributed by atoms with E-state index in [1.165, 1.54) is 0 Å². The van der Waals surface area contributed by atoms with E-state index in [0.717, 1.165) is 22.8 Å². The first kappa shape index (κ1) is 9.72. The Hall–Kier alpha value is -2.49. The number of imidazole rings is 1. The Bertz CT molecular complexity index is 602. The summed E-state index contributed by atoms with van der Waals surface area (Å²) in [5.74, 6) is 0.754. The van der Waals surface area contributed by atoms with Crippen LogP contribution in [0.2, 0.25) is 0 Å². The van der Waals surface area contributed by atoms with Crippen molar-refractivity contribution in [2.24, 2.45) is 0 Å². The van der Waals surface area contributed by atoms with Crippen LogP contribution in [0.15, 0.2) is 55.1 Å². The fraction of sp³-hybridized carbons (Fsp3) is 0. The van der Waals surface area contributed by atoms with Crippen LogP contribution in [0, 0.1) is 0 Å². The highest BCUT2D eigenvalue weighted by molar-refractivity contribution is 5.63. The summed E-state index contributed by atoms with van der Waals surface area (Å²) >= 11 is 0. The van der Waals surface area contributed by atoms with Gasteiger partial charge in [-0.25, -0.2) is 15.0 Å². The Kier molecular flexibility index (Phi) is 2.38. The average Bonchev–Trinajstić information content (AvgIpc) is 2.94. The van der Waals surface area contributed by atoms with Gasteiger partial charge in [0.15, 0.2) is 5.82 Å². The van der Waals surface area contributed by atoms with Gasteiger partial charge in [0.1, 0.15) is 12.0 Å². The Morgan fingerprint density at radius 3 is 2.47 bits per heavy atom. The van der Waals surface area contributed by atoms with Crippen molar-refractivity contribution in [2.75, 3.05) is 0 Å². The van der Waals surface area contributed by atoms with Crippen LogP contribution >= 0.6 is 0 Å². The molecule has 2 heterocycles. The second-order valence-electron chi connectivity index (χ2n) is 3.59. The monoisotopic (exact) mass is 222 g/mol. The summed E-state index contributed by atoms with van der Waals surface area (Å²) in [6.45, 7) is 0. The highest BCUT2D eigenvalue weighted by atomic mass is 14.9. The zero-order chi connectivity index (χ0) is 11.5. The summed E-state index contributed by atoms with van der Waals surface area (Å²) in [4.78, 5) is 15.7. The maximum atomic E-state index is 4.27. The molecule has 4 heteroatoms. The zero-order valence-electron chi connectivity index (χ0n) is 9.04. The molecule has 0 atom stereocenters. The molecule has 0 spiro atoms. The largest absolute Gasteiger partial charge is 0.343 e. The van der Waals surface area contributed by atoms with Crippen molar-refractivity contribution in [3.8, 4) is 22.8 Å². The van der Waals surface area contributed by atoms with Crippen LogP contribution in [0.25, 0.3) is 22.8 Å². The molecule has 0 aliphatic heterocycles. The summed E-state index contributed by atoms with van der Waals surface area (Å²) in [6, 6.07) is 11.9. The number of aromatic amines is 1. The van der Waals surface area contributed by atoms with Crippen LogP contribution in [0.1, 0.15) is 0 Å². The Morgan fingerprint density at radius 1 is 0.882 bits per heavy atom. The van der Waals surface area contributed by atoms with Crippen molar-refractivity contribution in [1.82, 2.24) is 19.9 Å². The lowest BCUT2D eigenvalue weighted by Gasteiger charge is -2.01. The molecule has 0 amide bonds. The summed E-state index contributed by atoms with van der Waals surface area (Å²) in [5.41, 5.74) is 2.76. The van der Waals surface area contributed by atoms with Crippen LogP contribution in [0.3, 0.4) is 0 Å². The van der Waals surface area contributed by atoms with Gasteiger partial charge in [0.2, 0.25) is 0 Å². The molecule has 3 aromatic rings. The predicted molar refractivity (Wildman–Crippen MR) is 65.0 cm³/mol. The van der Waals surface area contributed by atoms with E-state index in [-0.39, 0.29) is 0 Å². The van der Waals surface area contributed by atoms with E-state index in [1.54, 1.807) is 18.7 Å². The third-order valence-electron chi connectivity index (χ3n) is 2.48. The van der Waals surface area contributed by atoms with Crippen LogP contribution in [-0.4, -0.2) is 19.9 Å². The van der Waals surface area contributed by atoms with Crippen LogP contribution in [0.4, 0.5) is 0 Å². The van der Waals surface area contributed by atoms with Gasteiger partial charge in [0.25, 0.3) is 0 Å². The van der Waals surface area contributed by atoms with Crippen LogP contribution < -0.4 is 0 Å². The van der Waals surface area contributed by atoms with Crippen molar-refractivity contribution in [1.29, 1.82) is 0 Å². The molecule has 17 heavy (non-hydrogen) atoms. The van der Waals surface area contributed by atoms with Gasteiger partial charge in [-0.15, -0.1) is 0 Å². The number of aromatic nitrogens is 4. The maximum absolute atomic E-state index is 4.27. The fourth-order valence-corrected chi connectivity index (χ4v) is 1.66. The smallest absolute Gasteiger partial charge is 0.156 e. The molecule has 0 aliphatic rings. The highest BCUT2D eigenvalue weighted by Gasteiger charge is 2.04. The molecule has 0 bridgehead atoms. The third-order valence-corrected chi connectivity index (χ3v) is 2.48. The van der Waals surface area contributed by atoms with Crippen LogP contribution in [0.5, 0.6) is 0 Å². The highest BCUT2D eigenvalue weighted by Crippen LogP contribution is 2.19. The van der Waals surface area contributed by atoms with E-state index in [4.69, 9.17) is 0 Å². The minimum Gasteiger partial charge on any atom is -0.343 e. The normalized spacial score (nSPS) is 10.4. The minimum absolute atomic E-state index is 0.754. The molecule has 0 aliphatic carbocycles. The van der Waals surface area contributed by atoms with Crippen molar-refractivity contribution >= 4 is 0 Å². The van der Waals surface area contributed by atoms with E-state index < -0.39 is 0 Å². The maximum Gasteiger partial charge on any atom is 0.156 e. The summed E-state index contributed by atoms with van der Waals surface area (Å²) in [5, 5.41) is 0. The van der Waals surface area contributed by atoms with Crippen molar-refractivity contribution in [2.45, 2.75) is 0 Å². The average molecular weight is 222 g/mol. The molecule has 0 radical (unpaired) electrons. The Morgan fingerprint density at radius 2 is 1.71 bits per heavy atom. The number of benzene rings is 1. The van der Waals surface area contributed by atoms with Gasteiger partial charge >= 0.3 is 0 Å². The Labute approximate surface area is 98.4 Å². The van der Waals surface area contributed by atoms with Crippen LogP contribution in [-0.2, 0) is 0 Å². The first-order valence-electron chi connectivity index (χ1n) is 5.31. The first-order valence-corrected chi connectivity index (χ1v) is 5.31. The molecule has 1 N–H and O–H groups in total. The number of hydrogen-bond donors (Lipinski definition) is 1. The SMILES string of the molecule is c1ccc(-c2cc(-c3ncc[nH]3)ncn2)cc1. The summed E-state index contributed by atoms with van der Waals surface area (Å²) in [6.07, 6.45) is 5.04. The van der Waals surface area contributed by atoms with Crippen molar-refractivity contribution in [3.05, 3.63) is 55.1 Å². The molecule has 0 saturated carbocycles. The van der Waals surface area contributed by atoms with Gasteiger partial charge < -0.3 is 4.98 Å². The lowest BCUT2D eigenvalue weighted by Crippen LogP contribution is -1.90. The molecule has 0 fully saturated rings. The molecule has 2 aromatic heterocycles. The fourth-order valence-electron chi connectivity index (χ4n) is 1.66. The molecular formula is C13H10N4. The molecule has 1 aromatic carbocycles. The minimum atomic E-state index is 0.754. The van der Waals surface area contributed by atoms with E-state index in [0.29, 0.717) is 0 Å². The van der Waals surface area contributed by atoms with E-state index in [2.05, 4.69) is 19.9 Å². The van der Waals surface area contributed by atoms with E-state index in [9.17, 15) is 0 Å². The second-order valence-corrected chi connectivity index (χ2v) is 3.59. The predicted octanol–water partition coefficient (Wildman–Crippen LogP) is 2.53. The lowest BCUT2D eigenvalue weighted by atomic mass is 10.1. The van der Waals surface area contributed by atoms with E-state index >= 15 is 0 Å². The van der Waals surface area contributed by atoms with Gasteiger partial charge in [0.05, 0.1) is 5.69 Å². The van der Waals surface area contributed by atoms with Gasteiger partial charge in [0, 0.05) is 18.0 Å². The standard InChI is InChI=1S/C13H10N4/c1-2-4-10(5-3-1)11-8-12(17-9-16-11)13-14-6-7-15-13/h1-9H,(H,14,15). The van der Waals surface area contributed by atoms with Gasteiger partial charge in [-0.1, -0.05) is 30.3 Å². The molecule has 82 valence electrons. The van der Waals surface area contributed by atoms with Gasteiger partial charge in [-0.2, -0.15) is 0 Å². The molecule has 3 rings (SSSR count). The number of H-pyrrole nitrogens is 1. The van der Waals surface area contributed by atoms with Crippen molar-refractivity contribution in [3.63, 3.8) is 0 Å². The first-order chi connectivity index (χ1) is 8.43. The third kappa shape index (κ3) is 1.92. The Balaban J connectivity index is 2.06. The molecule has 0 unspecified atom stereocenters. The van der Waals surface area contributed by atoms with E-state index in [1.807, 2.05) is 36.4 Å². The number of nitrogens with one attached hydrogen (secondary N) is 1. The summed E-state index contributed by atoms with van der Waals surface area (Å²) in [7, 11) is 0. The van der Waals surface area contributed by atoms with Crippen molar-refractivity contribution < 1.29 is 0 Å². The number of rotatable bonds is 2. The molecular weight excluding hydrogens is 212 g/mol. The number of nitrogens with zero attached hydrogens (tertiary/aromatic N) is 3. The summed E-state index contributed by atoms with van der Waals surface area (Å²) < 4.78 is 0. The zero-order valence-corrected chi connectivity index (χ0v) is 9.04. The quantitative estimate of drug-likeness (QED) is 0.724. The van der Waals surface area contributed by atoms with Gasteiger partial charge in [-0.3, -0.25) is 0 Å². The number of hydrogen-bond acceptors (Lipinski definition) is 3. The molecule has 0 saturated heterocycles. The lowest BCUT2D eigenvalue weighted by molar-refractivity contribution is 1.14.